The zero-order chi connectivity index (χ0) is 17.1. The maximum absolute atomic E-state index is 12.0. The quantitative estimate of drug-likeness (QED) is 0.550. The maximum atomic E-state index is 12.0. The van der Waals surface area contributed by atoms with Gasteiger partial charge in [-0.3, -0.25) is 14.9 Å². The number of non-ortho nitro benzene ring substituents is 1. The van der Waals surface area contributed by atoms with E-state index in [0.29, 0.717) is 16.7 Å². The molecule has 122 valence electrons. The molecule has 8 nitrogen and oxygen atoms in total. The second-order valence-corrected chi connectivity index (χ2v) is 5.58. The van der Waals surface area contributed by atoms with E-state index in [2.05, 4.69) is 14.1 Å². The number of nitrogens with zero attached hydrogens (tertiary/aromatic N) is 3. The summed E-state index contributed by atoms with van der Waals surface area (Å²) in [5, 5.41) is 13.4. The summed E-state index contributed by atoms with van der Waals surface area (Å²) in [4.78, 5) is 22.1. The number of nitro groups is 1. The van der Waals surface area contributed by atoms with Crippen LogP contribution in [0.1, 0.15) is 0 Å². The van der Waals surface area contributed by atoms with Crippen molar-refractivity contribution in [2.45, 2.75) is 0 Å². The van der Waals surface area contributed by atoms with Crippen molar-refractivity contribution in [2.24, 2.45) is 0 Å². The number of anilines is 1. The van der Waals surface area contributed by atoms with E-state index in [1.165, 1.54) is 12.1 Å². The normalized spacial score (nSPS) is 10.5. The van der Waals surface area contributed by atoms with Gasteiger partial charge in [0.15, 0.2) is 6.61 Å². The number of aromatic nitrogens is 2. The number of carbonyl (C=O) groups is 1. The Morgan fingerprint density at radius 3 is 2.92 bits per heavy atom. The fourth-order valence-corrected chi connectivity index (χ4v) is 2.74. The maximum Gasteiger partial charge on any atom is 0.271 e. The zero-order valence-electron chi connectivity index (χ0n) is 11.9. The number of hydrogen-bond donors (Lipinski definition) is 1. The van der Waals surface area contributed by atoms with E-state index in [1.807, 2.05) is 0 Å². The van der Waals surface area contributed by atoms with Crippen molar-refractivity contribution < 1.29 is 14.5 Å². The summed E-state index contributed by atoms with van der Waals surface area (Å²) in [6.45, 7) is -0.300. The van der Waals surface area contributed by atoms with Crippen molar-refractivity contribution in [3.05, 3.63) is 51.5 Å². The van der Waals surface area contributed by atoms with Crippen LogP contribution in [-0.2, 0) is 4.79 Å². The number of nitro benzene ring substituents is 1. The van der Waals surface area contributed by atoms with Crippen LogP contribution < -0.4 is 10.1 Å². The molecule has 0 atom stereocenters. The number of carbonyl (C=O) groups excluding carboxylic acids is 1. The number of amides is 1. The Balaban J connectivity index is 1.66. The molecule has 0 saturated carbocycles. The summed E-state index contributed by atoms with van der Waals surface area (Å²) in [6.07, 6.45) is 0. The molecule has 3 aromatic rings. The standard InChI is InChI=1S/C14H9ClN4O4S/c15-9-6-8(19(21)22)4-5-12(9)23-7-13(20)16-10-2-1-3-11-14(10)18-24-17-11/h1-6H,7H2,(H,16,20). The lowest BCUT2D eigenvalue weighted by Gasteiger charge is -2.09. The Morgan fingerprint density at radius 2 is 2.17 bits per heavy atom. The molecule has 1 N–H and O–H groups in total. The molecule has 0 saturated heterocycles. The highest BCUT2D eigenvalue weighted by Crippen LogP contribution is 2.28. The number of benzene rings is 2. The van der Waals surface area contributed by atoms with E-state index >= 15 is 0 Å². The molecule has 3 rings (SSSR count). The molecule has 0 aliphatic rings. The first-order valence-electron chi connectivity index (χ1n) is 6.62. The molecule has 0 spiro atoms. The van der Waals surface area contributed by atoms with Gasteiger partial charge in [-0.25, -0.2) is 0 Å². The van der Waals surface area contributed by atoms with Crippen LogP contribution >= 0.6 is 23.3 Å². The summed E-state index contributed by atoms with van der Waals surface area (Å²) in [5.74, 6) is -0.226. The monoisotopic (exact) mass is 364 g/mol. The molecule has 1 heterocycles. The summed E-state index contributed by atoms with van der Waals surface area (Å²) >= 11 is 6.96. The zero-order valence-corrected chi connectivity index (χ0v) is 13.5. The van der Waals surface area contributed by atoms with Crippen molar-refractivity contribution in [2.75, 3.05) is 11.9 Å². The van der Waals surface area contributed by atoms with E-state index in [-0.39, 0.29) is 23.1 Å². The minimum Gasteiger partial charge on any atom is -0.482 e. The summed E-state index contributed by atoms with van der Waals surface area (Å²) in [7, 11) is 0. The molecule has 1 aromatic heterocycles. The second kappa shape index (κ2) is 6.77. The van der Waals surface area contributed by atoms with Gasteiger partial charge in [-0.05, 0) is 18.2 Å². The van der Waals surface area contributed by atoms with Crippen molar-refractivity contribution >= 4 is 51.6 Å². The number of fused-ring (bicyclic) bond motifs is 1. The Morgan fingerprint density at radius 1 is 1.33 bits per heavy atom. The lowest BCUT2D eigenvalue weighted by molar-refractivity contribution is -0.384. The van der Waals surface area contributed by atoms with Crippen LogP contribution in [0.15, 0.2) is 36.4 Å². The Hall–Kier alpha value is -2.78. The first-order valence-corrected chi connectivity index (χ1v) is 7.73. The van der Waals surface area contributed by atoms with Gasteiger partial charge in [0, 0.05) is 12.1 Å². The number of halogens is 1. The van der Waals surface area contributed by atoms with Gasteiger partial charge in [-0.15, -0.1) is 0 Å². The third-order valence-corrected chi connectivity index (χ3v) is 3.88. The minimum atomic E-state index is -0.565. The van der Waals surface area contributed by atoms with E-state index < -0.39 is 10.8 Å². The Bertz CT molecular complexity index is 930. The molecular weight excluding hydrogens is 356 g/mol. The molecule has 2 aromatic carbocycles. The third-order valence-electron chi connectivity index (χ3n) is 3.05. The van der Waals surface area contributed by atoms with E-state index in [4.69, 9.17) is 16.3 Å². The van der Waals surface area contributed by atoms with E-state index in [1.54, 1.807) is 18.2 Å². The summed E-state index contributed by atoms with van der Waals surface area (Å²) in [5.41, 5.74) is 1.67. The second-order valence-electron chi connectivity index (χ2n) is 4.65. The van der Waals surface area contributed by atoms with Gasteiger partial charge >= 0.3 is 0 Å². The van der Waals surface area contributed by atoms with Gasteiger partial charge in [-0.1, -0.05) is 17.7 Å². The molecular formula is C14H9ClN4O4S. The van der Waals surface area contributed by atoms with Crippen LogP contribution in [0.25, 0.3) is 11.0 Å². The average Bonchev–Trinajstić information content (AvgIpc) is 3.03. The molecule has 0 fully saturated rings. The fourth-order valence-electron chi connectivity index (χ4n) is 1.96. The Labute approximate surface area is 144 Å². The summed E-state index contributed by atoms with van der Waals surface area (Å²) < 4.78 is 13.5. The lowest BCUT2D eigenvalue weighted by atomic mass is 10.2. The van der Waals surface area contributed by atoms with Gasteiger partial charge in [0.05, 0.1) is 27.4 Å². The largest absolute Gasteiger partial charge is 0.482 e. The fraction of sp³-hybridized carbons (Fsp3) is 0.0714. The SMILES string of the molecule is O=C(COc1ccc([N+](=O)[O-])cc1Cl)Nc1cccc2nsnc12. The smallest absolute Gasteiger partial charge is 0.271 e. The van der Waals surface area contributed by atoms with Crippen LogP contribution in [0, 0.1) is 10.1 Å². The molecule has 0 radical (unpaired) electrons. The number of rotatable bonds is 5. The molecule has 1 amide bonds. The number of hydrogen-bond acceptors (Lipinski definition) is 7. The van der Waals surface area contributed by atoms with Crippen molar-refractivity contribution in [3.63, 3.8) is 0 Å². The third kappa shape index (κ3) is 3.42. The average molecular weight is 365 g/mol. The van der Waals surface area contributed by atoms with E-state index in [0.717, 1.165) is 17.8 Å². The minimum absolute atomic E-state index is 0.0582. The Kier molecular flexibility index (Phi) is 4.54. The van der Waals surface area contributed by atoms with Crippen LogP contribution in [0.4, 0.5) is 11.4 Å². The number of nitrogens with one attached hydrogen (secondary N) is 1. The highest BCUT2D eigenvalue weighted by atomic mass is 35.5. The first kappa shape index (κ1) is 16.1. The van der Waals surface area contributed by atoms with Gasteiger partial charge in [-0.2, -0.15) is 8.75 Å². The van der Waals surface area contributed by atoms with Gasteiger partial charge in [0.2, 0.25) is 0 Å². The van der Waals surface area contributed by atoms with Gasteiger partial charge in [0.1, 0.15) is 16.8 Å². The topological polar surface area (TPSA) is 107 Å². The van der Waals surface area contributed by atoms with Gasteiger partial charge in [0.25, 0.3) is 11.6 Å². The molecule has 24 heavy (non-hydrogen) atoms. The molecule has 10 heteroatoms. The van der Waals surface area contributed by atoms with Crippen molar-refractivity contribution in [3.8, 4) is 5.75 Å². The molecule has 0 aliphatic heterocycles. The highest BCUT2D eigenvalue weighted by Gasteiger charge is 2.13. The van der Waals surface area contributed by atoms with Crippen LogP contribution in [0.5, 0.6) is 5.75 Å². The first-order chi connectivity index (χ1) is 11.5. The van der Waals surface area contributed by atoms with E-state index in [9.17, 15) is 14.9 Å². The highest BCUT2D eigenvalue weighted by molar-refractivity contribution is 7.00. The molecule has 0 aliphatic carbocycles. The number of ether oxygens (including phenoxy) is 1. The predicted octanol–water partition coefficient (Wildman–Crippen LogP) is 3.27. The molecule has 0 bridgehead atoms. The van der Waals surface area contributed by atoms with Crippen LogP contribution in [-0.4, -0.2) is 26.2 Å². The van der Waals surface area contributed by atoms with Crippen LogP contribution in [0.3, 0.4) is 0 Å². The predicted molar refractivity (Wildman–Crippen MR) is 89.6 cm³/mol. The van der Waals surface area contributed by atoms with Crippen molar-refractivity contribution in [1.29, 1.82) is 0 Å². The lowest BCUT2D eigenvalue weighted by Crippen LogP contribution is -2.20. The van der Waals surface area contributed by atoms with Crippen molar-refractivity contribution in [1.82, 2.24) is 8.75 Å². The summed E-state index contributed by atoms with van der Waals surface area (Å²) in [6, 6.07) is 9.02. The van der Waals surface area contributed by atoms with Crippen LogP contribution in [0.2, 0.25) is 5.02 Å². The molecule has 0 unspecified atom stereocenters. The van der Waals surface area contributed by atoms with Gasteiger partial charge < -0.3 is 10.1 Å².